The van der Waals surface area contributed by atoms with Gasteiger partial charge in [0.1, 0.15) is 11.4 Å². The molecule has 0 unspecified atom stereocenters. The summed E-state index contributed by atoms with van der Waals surface area (Å²) in [6.07, 6.45) is 2.92. The first kappa shape index (κ1) is 21.4. The fraction of sp³-hybridized carbons (Fsp3) is 0.345. The number of fused-ring (bicyclic) bond motifs is 1. The summed E-state index contributed by atoms with van der Waals surface area (Å²) in [5, 5.41) is 0. The first-order valence-electron chi connectivity index (χ1n) is 12.3. The molecule has 1 fully saturated rings. The summed E-state index contributed by atoms with van der Waals surface area (Å²) in [5.41, 5.74) is 4.82. The number of nitrogens with zero attached hydrogens (tertiary/aromatic N) is 3. The fourth-order valence-electron chi connectivity index (χ4n) is 5.62. The van der Waals surface area contributed by atoms with Crippen LogP contribution in [0.25, 0.3) is 0 Å². The zero-order valence-corrected chi connectivity index (χ0v) is 19.4. The number of hydrogen-bond acceptors (Lipinski definition) is 4. The maximum absolute atomic E-state index is 13.7. The van der Waals surface area contributed by atoms with Gasteiger partial charge in [-0.05, 0) is 40.8 Å². The minimum absolute atomic E-state index is 0.0161. The van der Waals surface area contributed by atoms with Crippen molar-refractivity contribution >= 4 is 6.02 Å². The number of rotatable bonds is 3. The highest BCUT2D eigenvalue weighted by molar-refractivity contribution is 5.78. The maximum atomic E-state index is 13.7. The van der Waals surface area contributed by atoms with Crippen LogP contribution in [0.2, 0.25) is 0 Å². The number of piperidine rings is 1. The van der Waals surface area contributed by atoms with Gasteiger partial charge in [-0.25, -0.2) is 9.38 Å². The summed E-state index contributed by atoms with van der Waals surface area (Å²) in [5.74, 6) is -0.213. The third-order valence-corrected chi connectivity index (χ3v) is 7.54. The van der Waals surface area contributed by atoms with E-state index in [1.54, 1.807) is 12.1 Å². The molecule has 3 aliphatic rings. The summed E-state index contributed by atoms with van der Waals surface area (Å²) >= 11 is 0. The van der Waals surface area contributed by atoms with Gasteiger partial charge in [-0.15, -0.1) is 0 Å². The van der Waals surface area contributed by atoms with E-state index >= 15 is 0 Å². The molecule has 0 saturated carbocycles. The minimum atomic E-state index is -0.213. The van der Waals surface area contributed by atoms with E-state index in [0.717, 1.165) is 63.6 Å². The van der Waals surface area contributed by atoms with Gasteiger partial charge in [-0.2, -0.15) is 0 Å². The number of halogens is 1. The van der Waals surface area contributed by atoms with Crippen LogP contribution in [0, 0.1) is 5.82 Å². The van der Waals surface area contributed by atoms with Crippen LogP contribution in [0.3, 0.4) is 0 Å². The Morgan fingerprint density at radius 1 is 0.882 bits per heavy atom. The van der Waals surface area contributed by atoms with Gasteiger partial charge in [0.15, 0.2) is 0 Å². The van der Waals surface area contributed by atoms with Crippen LogP contribution in [0.15, 0.2) is 83.9 Å². The highest BCUT2D eigenvalue weighted by Gasteiger charge is 2.44. The lowest BCUT2D eigenvalue weighted by atomic mass is 9.88. The molecule has 3 heterocycles. The maximum Gasteiger partial charge on any atom is 0.288 e. The Bertz CT molecular complexity index is 1170. The molecule has 3 aromatic rings. The smallest absolute Gasteiger partial charge is 0.288 e. The molecule has 6 rings (SSSR count). The molecule has 174 valence electrons. The third kappa shape index (κ3) is 4.09. The highest BCUT2D eigenvalue weighted by atomic mass is 19.1. The first-order chi connectivity index (χ1) is 16.7. The average molecular weight is 456 g/mol. The van der Waals surface area contributed by atoms with E-state index in [1.807, 2.05) is 12.1 Å². The summed E-state index contributed by atoms with van der Waals surface area (Å²) in [4.78, 5) is 9.75. The number of benzene rings is 3. The van der Waals surface area contributed by atoms with E-state index in [0.29, 0.717) is 0 Å². The number of hydrogen-bond donors (Lipinski definition) is 0. The second-order valence-corrected chi connectivity index (χ2v) is 9.74. The Hall–Kier alpha value is -3.18. The van der Waals surface area contributed by atoms with Crippen LogP contribution < -0.4 is 0 Å². The summed E-state index contributed by atoms with van der Waals surface area (Å²) < 4.78 is 20.4. The lowest BCUT2D eigenvalue weighted by molar-refractivity contribution is -0.000348. The minimum Gasteiger partial charge on any atom is -0.456 e. The van der Waals surface area contributed by atoms with Crippen molar-refractivity contribution in [2.45, 2.75) is 37.5 Å². The fourth-order valence-corrected chi connectivity index (χ4v) is 5.62. The number of ether oxygens (including phenoxy) is 1. The molecule has 5 heteroatoms. The Balaban J connectivity index is 1.19. The number of likely N-dealkylation sites (tertiary alicyclic amines) is 1. The lowest BCUT2D eigenvalue weighted by Crippen LogP contribution is -2.48. The van der Waals surface area contributed by atoms with Crippen LogP contribution >= 0.6 is 0 Å². The molecule has 3 aromatic carbocycles. The average Bonchev–Trinajstić information content (AvgIpc) is 3.29. The predicted octanol–water partition coefficient (Wildman–Crippen LogP) is 5.19. The van der Waals surface area contributed by atoms with E-state index in [4.69, 9.17) is 9.73 Å². The van der Waals surface area contributed by atoms with Crippen LogP contribution in [0.1, 0.15) is 41.1 Å². The molecular formula is C29H30FN3O. The van der Waals surface area contributed by atoms with Crippen LogP contribution in [0.4, 0.5) is 4.39 Å². The SMILES string of the molecule is Fc1ccc([C@H]2c3ccccc3CCN2C2=NCC3(CCN(Cc4ccccc4)CC3)O2)cc1. The van der Waals surface area contributed by atoms with E-state index in [1.165, 1.54) is 16.7 Å². The predicted molar refractivity (Wildman–Crippen MR) is 132 cm³/mol. The molecule has 1 spiro atoms. The van der Waals surface area contributed by atoms with Gasteiger partial charge < -0.3 is 9.64 Å². The molecule has 3 aliphatic heterocycles. The van der Waals surface area contributed by atoms with Crippen LogP contribution in [0.5, 0.6) is 0 Å². The quantitative estimate of drug-likeness (QED) is 0.544. The second kappa shape index (κ2) is 8.88. The number of aliphatic imine (C=N–C) groups is 1. The van der Waals surface area contributed by atoms with Crippen molar-refractivity contribution in [3.05, 3.63) is 107 Å². The van der Waals surface area contributed by atoms with E-state index < -0.39 is 0 Å². The molecule has 0 aliphatic carbocycles. The summed E-state index contributed by atoms with van der Waals surface area (Å²) in [6.45, 7) is 4.58. The van der Waals surface area contributed by atoms with Gasteiger partial charge in [0, 0.05) is 39.0 Å². The molecule has 0 aromatic heterocycles. The third-order valence-electron chi connectivity index (χ3n) is 7.54. The first-order valence-corrected chi connectivity index (χ1v) is 12.3. The Labute approximate surface area is 200 Å². The Morgan fingerprint density at radius 2 is 1.62 bits per heavy atom. The van der Waals surface area contributed by atoms with Crippen molar-refractivity contribution in [1.29, 1.82) is 0 Å². The zero-order chi connectivity index (χ0) is 23.0. The second-order valence-electron chi connectivity index (χ2n) is 9.74. The lowest BCUT2D eigenvalue weighted by Gasteiger charge is -2.41. The van der Waals surface area contributed by atoms with Gasteiger partial charge >= 0.3 is 0 Å². The molecule has 0 amide bonds. The summed E-state index contributed by atoms with van der Waals surface area (Å²) in [7, 11) is 0. The van der Waals surface area contributed by atoms with E-state index in [2.05, 4.69) is 64.4 Å². The molecular weight excluding hydrogens is 425 g/mol. The molecule has 1 atom stereocenters. The van der Waals surface area contributed by atoms with Gasteiger partial charge in [0.25, 0.3) is 6.02 Å². The van der Waals surface area contributed by atoms with E-state index in [-0.39, 0.29) is 17.5 Å². The molecule has 4 nitrogen and oxygen atoms in total. The van der Waals surface area contributed by atoms with Crippen molar-refractivity contribution in [2.75, 3.05) is 26.2 Å². The van der Waals surface area contributed by atoms with E-state index in [9.17, 15) is 4.39 Å². The largest absolute Gasteiger partial charge is 0.456 e. The van der Waals surface area contributed by atoms with Gasteiger partial charge in [0.05, 0.1) is 12.6 Å². The van der Waals surface area contributed by atoms with Crippen molar-refractivity contribution in [1.82, 2.24) is 9.80 Å². The van der Waals surface area contributed by atoms with Crippen molar-refractivity contribution in [3.8, 4) is 0 Å². The molecule has 0 bridgehead atoms. The Kier molecular flexibility index (Phi) is 5.58. The monoisotopic (exact) mass is 455 g/mol. The van der Waals surface area contributed by atoms with Crippen molar-refractivity contribution < 1.29 is 9.13 Å². The van der Waals surface area contributed by atoms with Gasteiger partial charge in [-0.1, -0.05) is 66.7 Å². The van der Waals surface area contributed by atoms with Crippen molar-refractivity contribution in [3.63, 3.8) is 0 Å². The van der Waals surface area contributed by atoms with Crippen LogP contribution in [-0.2, 0) is 17.7 Å². The topological polar surface area (TPSA) is 28.1 Å². The summed E-state index contributed by atoms with van der Waals surface area (Å²) in [6, 6.07) is 26.8. The molecule has 1 saturated heterocycles. The zero-order valence-electron chi connectivity index (χ0n) is 19.4. The standard InChI is InChI=1S/C29H30FN3O/c30-25-12-10-24(11-13-25)27-26-9-5-4-8-23(26)14-17-33(27)28-31-21-29(34-28)15-18-32(19-16-29)20-22-6-2-1-3-7-22/h1-13,27H,14-21H2/t27-/m0/s1. The van der Waals surface area contributed by atoms with Gasteiger partial charge in [0.2, 0.25) is 0 Å². The highest BCUT2D eigenvalue weighted by Crippen LogP contribution is 2.39. The normalized spacial score (nSPS) is 21.7. The van der Waals surface area contributed by atoms with Gasteiger partial charge in [-0.3, -0.25) is 4.90 Å². The van der Waals surface area contributed by atoms with Crippen LogP contribution in [-0.4, -0.2) is 47.6 Å². The Morgan fingerprint density at radius 3 is 2.41 bits per heavy atom. The molecule has 0 radical (unpaired) electrons. The van der Waals surface area contributed by atoms with Crippen molar-refractivity contribution in [2.24, 2.45) is 4.99 Å². The number of amidine groups is 1. The molecule has 0 N–H and O–H groups in total. The molecule has 34 heavy (non-hydrogen) atoms.